The van der Waals surface area contributed by atoms with Gasteiger partial charge < -0.3 is 9.84 Å². The van der Waals surface area contributed by atoms with Gasteiger partial charge in [0, 0.05) is 11.6 Å². The van der Waals surface area contributed by atoms with Gasteiger partial charge in [0.1, 0.15) is 16.8 Å². The standard InChI is InChI=1S/C12H13Cl2FO2/c1-7(2)9-5-8(6-10(15)12(9)16)17-4-3-11(13)14/h3,5-7,16H,4H2,1-2H3. The molecule has 1 aromatic carbocycles. The van der Waals surface area contributed by atoms with Crippen LogP contribution in [0.5, 0.6) is 11.5 Å². The second-order valence-electron chi connectivity index (χ2n) is 3.80. The minimum absolute atomic E-state index is 0.000192. The molecule has 0 radical (unpaired) electrons. The Balaban J connectivity index is 2.91. The molecule has 0 aromatic heterocycles. The van der Waals surface area contributed by atoms with E-state index in [1.807, 2.05) is 13.8 Å². The summed E-state index contributed by atoms with van der Waals surface area (Å²) in [6, 6.07) is 2.72. The highest BCUT2D eigenvalue weighted by Crippen LogP contribution is 2.32. The van der Waals surface area contributed by atoms with Crippen molar-refractivity contribution in [2.24, 2.45) is 0 Å². The fourth-order valence-electron chi connectivity index (χ4n) is 1.32. The molecule has 0 bridgehead atoms. The Morgan fingerprint density at radius 3 is 2.65 bits per heavy atom. The first-order valence-electron chi connectivity index (χ1n) is 5.08. The Morgan fingerprint density at radius 2 is 2.12 bits per heavy atom. The third-order valence-electron chi connectivity index (χ3n) is 2.18. The average Bonchev–Trinajstić information content (AvgIpc) is 2.22. The minimum Gasteiger partial charge on any atom is -0.505 e. The van der Waals surface area contributed by atoms with E-state index in [-0.39, 0.29) is 22.8 Å². The summed E-state index contributed by atoms with van der Waals surface area (Å²) in [5, 5.41) is 9.52. The lowest BCUT2D eigenvalue weighted by molar-refractivity contribution is 0.354. The largest absolute Gasteiger partial charge is 0.505 e. The molecule has 0 saturated carbocycles. The van der Waals surface area contributed by atoms with Gasteiger partial charge in [-0.05, 0) is 18.1 Å². The first kappa shape index (κ1) is 14.1. The Labute approximate surface area is 110 Å². The van der Waals surface area contributed by atoms with Gasteiger partial charge in [-0.3, -0.25) is 0 Å². The molecular formula is C12H13Cl2FO2. The molecule has 1 aromatic rings. The van der Waals surface area contributed by atoms with Crippen LogP contribution in [0.1, 0.15) is 25.3 Å². The van der Waals surface area contributed by atoms with Crippen molar-refractivity contribution < 1.29 is 14.2 Å². The number of phenols is 1. The Bertz CT molecular complexity index is 427. The van der Waals surface area contributed by atoms with Crippen LogP contribution in [0, 0.1) is 5.82 Å². The summed E-state index contributed by atoms with van der Waals surface area (Å²) >= 11 is 10.8. The van der Waals surface area contributed by atoms with Gasteiger partial charge in [-0.15, -0.1) is 0 Å². The lowest BCUT2D eigenvalue weighted by atomic mass is 10.0. The van der Waals surface area contributed by atoms with Crippen LogP contribution in [-0.4, -0.2) is 11.7 Å². The van der Waals surface area contributed by atoms with Gasteiger partial charge in [0.15, 0.2) is 11.6 Å². The molecule has 0 amide bonds. The molecule has 1 rings (SSSR count). The summed E-state index contributed by atoms with van der Waals surface area (Å²) in [6.07, 6.45) is 1.45. The molecule has 0 saturated heterocycles. The Kier molecular flexibility index (Phi) is 5.09. The fourth-order valence-corrected chi connectivity index (χ4v) is 1.44. The van der Waals surface area contributed by atoms with Crippen molar-refractivity contribution >= 4 is 23.2 Å². The van der Waals surface area contributed by atoms with E-state index in [2.05, 4.69) is 0 Å². The SMILES string of the molecule is CC(C)c1cc(OCC=C(Cl)Cl)cc(F)c1O. The van der Waals surface area contributed by atoms with E-state index in [9.17, 15) is 9.50 Å². The predicted octanol–water partition coefficient (Wildman–Crippen LogP) is 4.35. The third-order valence-corrected chi connectivity index (χ3v) is 2.48. The maximum Gasteiger partial charge on any atom is 0.168 e. The van der Waals surface area contributed by atoms with Crippen LogP contribution in [0.2, 0.25) is 0 Å². The van der Waals surface area contributed by atoms with Gasteiger partial charge >= 0.3 is 0 Å². The zero-order valence-electron chi connectivity index (χ0n) is 9.51. The third kappa shape index (κ3) is 4.10. The van der Waals surface area contributed by atoms with E-state index in [1.54, 1.807) is 6.07 Å². The smallest absolute Gasteiger partial charge is 0.168 e. The molecule has 0 aliphatic rings. The van der Waals surface area contributed by atoms with Gasteiger partial charge in [0.2, 0.25) is 0 Å². The summed E-state index contributed by atoms with van der Waals surface area (Å²) in [5.41, 5.74) is 0.501. The van der Waals surface area contributed by atoms with Crippen molar-refractivity contribution in [3.63, 3.8) is 0 Å². The highest BCUT2D eigenvalue weighted by Gasteiger charge is 2.13. The van der Waals surface area contributed by atoms with E-state index < -0.39 is 5.82 Å². The second kappa shape index (κ2) is 6.12. The summed E-state index contributed by atoms with van der Waals surface area (Å²) < 4.78 is 18.7. The normalized spacial score (nSPS) is 10.5. The second-order valence-corrected chi connectivity index (χ2v) is 4.81. The maximum absolute atomic E-state index is 13.4. The Morgan fingerprint density at radius 1 is 1.47 bits per heavy atom. The lowest BCUT2D eigenvalue weighted by Crippen LogP contribution is -1.97. The molecular weight excluding hydrogens is 266 g/mol. The average molecular weight is 279 g/mol. The molecule has 0 aliphatic carbocycles. The van der Waals surface area contributed by atoms with E-state index in [1.165, 1.54) is 6.08 Å². The van der Waals surface area contributed by atoms with E-state index in [0.717, 1.165) is 6.07 Å². The quantitative estimate of drug-likeness (QED) is 0.887. The van der Waals surface area contributed by atoms with Gasteiger partial charge in [-0.1, -0.05) is 37.0 Å². The number of rotatable bonds is 4. The summed E-state index contributed by atoms with van der Waals surface area (Å²) in [6.45, 7) is 3.85. The van der Waals surface area contributed by atoms with E-state index in [0.29, 0.717) is 11.3 Å². The van der Waals surface area contributed by atoms with E-state index >= 15 is 0 Å². The molecule has 5 heteroatoms. The summed E-state index contributed by atoms with van der Waals surface area (Å²) in [4.78, 5) is 0. The number of phenolic OH excluding ortho intramolecular Hbond substituents is 1. The van der Waals surface area contributed by atoms with Crippen LogP contribution in [-0.2, 0) is 0 Å². The van der Waals surface area contributed by atoms with Gasteiger partial charge in [-0.2, -0.15) is 0 Å². The zero-order chi connectivity index (χ0) is 13.0. The van der Waals surface area contributed by atoms with Crippen molar-refractivity contribution in [1.82, 2.24) is 0 Å². The van der Waals surface area contributed by atoms with E-state index in [4.69, 9.17) is 27.9 Å². The first-order valence-corrected chi connectivity index (χ1v) is 5.83. The highest BCUT2D eigenvalue weighted by molar-refractivity contribution is 6.55. The molecule has 1 N–H and O–H groups in total. The first-order chi connectivity index (χ1) is 7.91. The predicted molar refractivity (Wildman–Crippen MR) is 67.4 cm³/mol. The van der Waals surface area contributed by atoms with Crippen molar-refractivity contribution in [1.29, 1.82) is 0 Å². The van der Waals surface area contributed by atoms with Gasteiger partial charge in [0.05, 0.1) is 0 Å². The molecule has 0 spiro atoms. The number of ether oxygens (including phenoxy) is 1. The number of aromatic hydroxyl groups is 1. The Hall–Kier alpha value is -0.930. The van der Waals surface area contributed by atoms with Gasteiger partial charge in [0.25, 0.3) is 0 Å². The topological polar surface area (TPSA) is 29.5 Å². The number of hydrogen-bond acceptors (Lipinski definition) is 2. The molecule has 0 unspecified atom stereocenters. The molecule has 0 fully saturated rings. The molecule has 0 heterocycles. The number of halogens is 3. The van der Waals surface area contributed by atoms with Crippen molar-refractivity contribution in [2.75, 3.05) is 6.61 Å². The van der Waals surface area contributed by atoms with Crippen LogP contribution >= 0.6 is 23.2 Å². The van der Waals surface area contributed by atoms with Crippen LogP contribution < -0.4 is 4.74 Å². The monoisotopic (exact) mass is 278 g/mol. The van der Waals surface area contributed by atoms with Crippen LogP contribution in [0.3, 0.4) is 0 Å². The number of benzene rings is 1. The summed E-state index contributed by atoms with van der Waals surface area (Å²) in [5.74, 6) is -0.708. The van der Waals surface area contributed by atoms with Crippen molar-refractivity contribution in [3.8, 4) is 11.5 Å². The maximum atomic E-state index is 13.4. The molecule has 0 aliphatic heterocycles. The van der Waals surface area contributed by atoms with Crippen LogP contribution in [0.4, 0.5) is 4.39 Å². The highest BCUT2D eigenvalue weighted by atomic mass is 35.5. The van der Waals surface area contributed by atoms with Crippen LogP contribution in [0.15, 0.2) is 22.7 Å². The van der Waals surface area contributed by atoms with Crippen molar-refractivity contribution in [2.45, 2.75) is 19.8 Å². The zero-order valence-corrected chi connectivity index (χ0v) is 11.0. The fraction of sp³-hybridized carbons (Fsp3) is 0.333. The number of hydrogen-bond donors (Lipinski definition) is 1. The van der Waals surface area contributed by atoms with Gasteiger partial charge in [-0.25, -0.2) is 4.39 Å². The minimum atomic E-state index is -0.702. The summed E-state index contributed by atoms with van der Waals surface area (Å²) in [7, 11) is 0. The molecule has 94 valence electrons. The molecule has 2 nitrogen and oxygen atoms in total. The molecule has 17 heavy (non-hydrogen) atoms. The lowest BCUT2D eigenvalue weighted by Gasteiger charge is -2.12. The molecule has 0 atom stereocenters. The van der Waals surface area contributed by atoms with Crippen molar-refractivity contribution in [3.05, 3.63) is 34.1 Å². The van der Waals surface area contributed by atoms with Crippen LogP contribution in [0.25, 0.3) is 0 Å².